The predicted octanol–water partition coefficient (Wildman–Crippen LogP) is 3.69. The van der Waals surface area contributed by atoms with Crippen molar-refractivity contribution in [1.29, 1.82) is 0 Å². The van der Waals surface area contributed by atoms with Crippen LogP contribution in [-0.2, 0) is 6.54 Å². The first-order chi connectivity index (χ1) is 12.2. The number of hydrogen-bond acceptors (Lipinski definition) is 2. The van der Waals surface area contributed by atoms with Crippen LogP contribution in [0.25, 0.3) is 0 Å². The van der Waals surface area contributed by atoms with Gasteiger partial charge in [0.05, 0.1) is 13.7 Å². The Bertz CT molecular complexity index is 703. The molecule has 0 radical (unpaired) electrons. The van der Waals surface area contributed by atoms with Crippen molar-refractivity contribution in [2.75, 3.05) is 20.2 Å². The number of ether oxygens (including phenoxy) is 1. The molecule has 0 aliphatic heterocycles. The highest BCUT2D eigenvalue weighted by atomic mass is 19.1. The molecule has 2 aromatic carbocycles. The Morgan fingerprint density at radius 1 is 1.12 bits per heavy atom. The van der Waals surface area contributed by atoms with E-state index < -0.39 is 0 Å². The number of guanidine groups is 1. The van der Waals surface area contributed by atoms with Crippen LogP contribution >= 0.6 is 0 Å². The highest BCUT2D eigenvalue weighted by Crippen LogP contribution is 2.25. The van der Waals surface area contributed by atoms with Crippen molar-refractivity contribution in [2.24, 2.45) is 4.99 Å². The van der Waals surface area contributed by atoms with E-state index >= 15 is 0 Å². The number of methoxy groups -OCH3 is 1. The SMILES string of the molecule is CCNC(=NCc1ccccc1F)NCC(C)c1ccccc1OC. The molecule has 2 aromatic rings. The fraction of sp³-hybridized carbons (Fsp3) is 0.350. The highest BCUT2D eigenvalue weighted by Gasteiger charge is 2.11. The lowest BCUT2D eigenvalue weighted by molar-refractivity contribution is 0.406. The van der Waals surface area contributed by atoms with E-state index in [9.17, 15) is 4.39 Å². The second-order valence-electron chi connectivity index (χ2n) is 5.81. The van der Waals surface area contributed by atoms with Crippen LogP contribution in [0, 0.1) is 5.82 Å². The average molecular weight is 343 g/mol. The molecule has 0 heterocycles. The van der Waals surface area contributed by atoms with Gasteiger partial charge in [-0.05, 0) is 24.6 Å². The fourth-order valence-corrected chi connectivity index (χ4v) is 2.57. The number of nitrogens with zero attached hydrogens (tertiary/aromatic N) is 1. The molecule has 0 saturated heterocycles. The quantitative estimate of drug-likeness (QED) is 0.595. The van der Waals surface area contributed by atoms with Crippen molar-refractivity contribution in [1.82, 2.24) is 10.6 Å². The van der Waals surface area contributed by atoms with Crippen molar-refractivity contribution >= 4 is 5.96 Å². The zero-order valence-corrected chi connectivity index (χ0v) is 15.1. The standard InChI is InChI=1S/C20H26FN3O/c1-4-22-20(24-14-16-9-5-7-11-18(16)21)23-13-15(2)17-10-6-8-12-19(17)25-3/h5-12,15H,4,13-14H2,1-3H3,(H2,22,23,24). The molecule has 0 aliphatic rings. The van der Waals surface area contributed by atoms with Crippen LogP contribution in [0.3, 0.4) is 0 Å². The van der Waals surface area contributed by atoms with Crippen molar-refractivity contribution in [2.45, 2.75) is 26.3 Å². The number of hydrogen-bond donors (Lipinski definition) is 2. The smallest absolute Gasteiger partial charge is 0.191 e. The monoisotopic (exact) mass is 343 g/mol. The summed E-state index contributed by atoms with van der Waals surface area (Å²) in [6, 6.07) is 14.7. The lowest BCUT2D eigenvalue weighted by Gasteiger charge is -2.18. The maximum absolute atomic E-state index is 13.7. The van der Waals surface area contributed by atoms with E-state index in [0.29, 0.717) is 24.6 Å². The Labute approximate surface area is 149 Å². The molecule has 0 saturated carbocycles. The van der Waals surface area contributed by atoms with E-state index in [1.54, 1.807) is 19.2 Å². The zero-order valence-electron chi connectivity index (χ0n) is 15.1. The molecule has 1 atom stereocenters. The molecule has 0 amide bonds. The number of benzene rings is 2. The third kappa shape index (κ3) is 5.48. The van der Waals surface area contributed by atoms with Gasteiger partial charge in [0.25, 0.3) is 0 Å². The molecule has 2 rings (SSSR count). The van der Waals surface area contributed by atoms with Crippen LogP contribution in [-0.4, -0.2) is 26.2 Å². The molecule has 25 heavy (non-hydrogen) atoms. The van der Waals surface area contributed by atoms with Gasteiger partial charge in [0.1, 0.15) is 11.6 Å². The summed E-state index contributed by atoms with van der Waals surface area (Å²) in [5, 5.41) is 6.51. The van der Waals surface area contributed by atoms with Gasteiger partial charge in [-0.1, -0.05) is 43.3 Å². The number of aliphatic imine (C=N–C) groups is 1. The maximum atomic E-state index is 13.7. The molecule has 0 aliphatic carbocycles. The lowest BCUT2D eigenvalue weighted by Crippen LogP contribution is -2.39. The first-order valence-corrected chi connectivity index (χ1v) is 8.54. The third-order valence-corrected chi connectivity index (χ3v) is 3.96. The number of para-hydroxylation sites is 1. The van der Waals surface area contributed by atoms with Gasteiger partial charge in [-0.25, -0.2) is 9.38 Å². The third-order valence-electron chi connectivity index (χ3n) is 3.96. The molecule has 0 bridgehead atoms. The minimum atomic E-state index is -0.232. The summed E-state index contributed by atoms with van der Waals surface area (Å²) in [5.41, 5.74) is 1.72. The van der Waals surface area contributed by atoms with Crippen LogP contribution in [0.2, 0.25) is 0 Å². The van der Waals surface area contributed by atoms with Gasteiger partial charge < -0.3 is 15.4 Å². The summed E-state index contributed by atoms with van der Waals surface area (Å²) in [6.45, 7) is 5.87. The molecule has 5 heteroatoms. The largest absolute Gasteiger partial charge is 0.496 e. The van der Waals surface area contributed by atoms with Gasteiger partial charge in [-0.2, -0.15) is 0 Å². The summed E-state index contributed by atoms with van der Waals surface area (Å²) >= 11 is 0. The number of nitrogens with one attached hydrogen (secondary N) is 2. The average Bonchev–Trinajstić information content (AvgIpc) is 2.64. The van der Waals surface area contributed by atoms with E-state index in [4.69, 9.17) is 4.74 Å². The molecular formula is C20H26FN3O. The molecule has 134 valence electrons. The Balaban J connectivity index is 2.01. The minimum absolute atomic E-state index is 0.232. The summed E-state index contributed by atoms with van der Waals surface area (Å²) in [6.07, 6.45) is 0. The van der Waals surface area contributed by atoms with Crippen LogP contribution in [0.5, 0.6) is 5.75 Å². The summed E-state index contributed by atoms with van der Waals surface area (Å²) in [4.78, 5) is 4.48. The van der Waals surface area contributed by atoms with E-state index in [1.165, 1.54) is 6.07 Å². The van der Waals surface area contributed by atoms with Crippen LogP contribution in [0.4, 0.5) is 4.39 Å². The number of rotatable bonds is 7. The molecule has 1 unspecified atom stereocenters. The Morgan fingerprint density at radius 2 is 1.84 bits per heavy atom. The summed E-state index contributed by atoms with van der Waals surface area (Å²) < 4.78 is 19.1. The van der Waals surface area contributed by atoms with E-state index in [-0.39, 0.29) is 11.7 Å². The summed E-state index contributed by atoms with van der Waals surface area (Å²) in [5.74, 6) is 1.57. The second kappa shape index (κ2) is 9.67. The summed E-state index contributed by atoms with van der Waals surface area (Å²) in [7, 11) is 1.68. The van der Waals surface area contributed by atoms with Crippen molar-refractivity contribution < 1.29 is 9.13 Å². The Hall–Kier alpha value is -2.56. The molecule has 0 spiro atoms. The van der Waals surface area contributed by atoms with Gasteiger partial charge in [0.2, 0.25) is 0 Å². The van der Waals surface area contributed by atoms with Crippen LogP contribution in [0.1, 0.15) is 30.9 Å². The topological polar surface area (TPSA) is 45.7 Å². The van der Waals surface area contributed by atoms with Crippen LogP contribution < -0.4 is 15.4 Å². The van der Waals surface area contributed by atoms with Gasteiger partial charge in [-0.3, -0.25) is 0 Å². The van der Waals surface area contributed by atoms with Gasteiger partial charge in [0, 0.05) is 24.6 Å². The Morgan fingerprint density at radius 3 is 2.56 bits per heavy atom. The first kappa shape index (κ1) is 18.8. The van der Waals surface area contributed by atoms with E-state index in [1.807, 2.05) is 31.2 Å². The lowest BCUT2D eigenvalue weighted by atomic mass is 10.0. The first-order valence-electron chi connectivity index (χ1n) is 8.54. The zero-order chi connectivity index (χ0) is 18.1. The minimum Gasteiger partial charge on any atom is -0.496 e. The molecule has 4 nitrogen and oxygen atoms in total. The molecular weight excluding hydrogens is 317 g/mol. The van der Waals surface area contributed by atoms with Gasteiger partial charge in [-0.15, -0.1) is 0 Å². The molecule has 0 aromatic heterocycles. The van der Waals surface area contributed by atoms with Crippen molar-refractivity contribution in [3.05, 3.63) is 65.5 Å². The van der Waals surface area contributed by atoms with E-state index in [2.05, 4.69) is 28.6 Å². The maximum Gasteiger partial charge on any atom is 0.191 e. The van der Waals surface area contributed by atoms with Gasteiger partial charge >= 0.3 is 0 Å². The van der Waals surface area contributed by atoms with Crippen molar-refractivity contribution in [3.8, 4) is 5.75 Å². The normalized spacial score (nSPS) is 12.6. The molecule has 2 N–H and O–H groups in total. The number of halogens is 1. The van der Waals surface area contributed by atoms with Gasteiger partial charge in [0.15, 0.2) is 5.96 Å². The highest BCUT2D eigenvalue weighted by molar-refractivity contribution is 5.79. The molecule has 0 fully saturated rings. The van der Waals surface area contributed by atoms with E-state index in [0.717, 1.165) is 17.9 Å². The van der Waals surface area contributed by atoms with Crippen molar-refractivity contribution in [3.63, 3.8) is 0 Å². The predicted molar refractivity (Wildman–Crippen MR) is 101 cm³/mol. The Kier molecular flexibility index (Phi) is 7.26. The fourth-order valence-electron chi connectivity index (χ4n) is 2.57. The van der Waals surface area contributed by atoms with Crippen LogP contribution in [0.15, 0.2) is 53.5 Å². The second-order valence-corrected chi connectivity index (χ2v) is 5.81.